The van der Waals surface area contributed by atoms with E-state index in [1.807, 2.05) is 30.1 Å². The van der Waals surface area contributed by atoms with E-state index in [2.05, 4.69) is 19.3 Å². The molecule has 1 aromatic carbocycles. The molecule has 6 heteroatoms. The summed E-state index contributed by atoms with van der Waals surface area (Å²) >= 11 is 1.60. The molecule has 1 saturated heterocycles. The largest absolute Gasteiger partial charge is 0.338 e. The van der Waals surface area contributed by atoms with Gasteiger partial charge in [0.15, 0.2) is 0 Å². The highest BCUT2D eigenvalue weighted by atomic mass is 32.1. The number of anilines is 1. The number of carbonyl (C=O) groups is 2. The van der Waals surface area contributed by atoms with Crippen LogP contribution in [-0.4, -0.2) is 49.9 Å². The van der Waals surface area contributed by atoms with Crippen molar-refractivity contribution in [2.75, 3.05) is 32.5 Å². The van der Waals surface area contributed by atoms with Crippen molar-refractivity contribution in [1.29, 1.82) is 0 Å². The zero-order chi connectivity index (χ0) is 21.3. The fourth-order valence-corrected chi connectivity index (χ4v) is 6.05. The van der Waals surface area contributed by atoms with Crippen LogP contribution >= 0.6 is 11.3 Å². The van der Waals surface area contributed by atoms with Gasteiger partial charge in [0.05, 0.1) is 25.7 Å². The number of hydrogen-bond acceptors (Lipinski definition) is 3. The normalized spacial score (nSPS) is 23.5. The van der Waals surface area contributed by atoms with Crippen molar-refractivity contribution in [2.24, 2.45) is 5.92 Å². The maximum absolute atomic E-state index is 13.7. The van der Waals surface area contributed by atoms with Crippen LogP contribution in [0, 0.1) is 5.92 Å². The highest BCUT2D eigenvalue weighted by Gasteiger charge is 2.33. The number of thiophene rings is 1. The van der Waals surface area contributed by atoms with Gasteiger partial charge in [0.2, 0.25) is 0 Å². The number of amides is 2. The first kappa shape index (κ1) is 21.1. The third kappa shape index (κ3) is 4.30. The van der Waals surface area contributed by atoms with Crippen LogP contribution in [0.4, 0.5) is 5.00 Å². The first-order valence-electron chi connectivity index (χ1n) is 11.0. The molecule has 0 spiro atoms. The van der Waals surface area contributed by atoms with Crippen LogP contribution in [0.3, 0.4) is 0 Å². The number of fused-ring (bicyclic) bond motifs is 1. The average Bonchev–Trinajstić information content (AvgIpc) is 3.10. The lowest BCUT2D eigenvalue weighted by atomic mass is 9.88. The SMILES string of the molecule is C[C@@H]1CCc2c(sc(NC(=O)c3ccccc3)c2C(=O)N(C)C2CC[NH+](C)CC2)C1. The minimum Gasteiger partial charge on any atom is -0.338 e. The van der Waals surface area contributed by atoms with E-state index in [0.29, 0.717) is 11.5 Å². The monoisotopic (exact) mass is 426 g/mol. The van der Waals surface area contributed by atoms with E-state index in [1.54, 1.807) is 23.5 Å². The molecule has 2 aromatic rings. The molecular formula is C24H32N3O2S+. The summed E-state index contributed by atoms with van der Waals surface area (Å²) in [6.45, 7) is 4.46. The van der Waals surface area contributed by atoms with E-state index in [4.69, 9.17) is 0 Å². The van der Waals surface area contributed by atoms with Gasteiger partial charge in [-0.05, 0) is 42.9 Å². The second kappa shape index (κ2) is 8.90. The number of rotatable bonds is 4. The molecule has 0 radical (unpaired) electrons. The highest BCUT2D eigenvalue weighted by Crippen LogP contribution is 2.40. The van der Waals surface area contributed by atoms with Crippen molar-refractivity contribution in [3.05, 3.63) is 51.9 Å². The molecule has 1 aromatic heterocycles. The van der Waals surface area contributed by atoms with E-state index in [1.165, 1.54) is 9.78 Å². The van der Waals surface area contributed by atoms with Gasteiger partial charge in [-0.15, -0.1) is 11.3 Å². The molecule has 1 aliphatic heterocycles. The molecule has 5 nitrogen and oxygen atoms in total. The van der Waals surface area contributed by atoms with E-state index in [9.17, 15) is 9.59 Å². The summed E-state index contributed by atoms with van der Waals surface area (Å²) in [6, 6.07) is 9.50. The molecule has 2 amide bonds. The van der Waals surface area contributed by atoms with Crippen LogP contribution in [0.1, 0.15) is 57.3 Å². The number of likely N-dealkylation sites (tertiary alicyclic amines) is 1. The van der Waals surface area contributed by atoms with Crippen molar-refractivity contribution in [3.8, 4) is 0 Å². The molecule has 4 rings (SSSR count). The minimum absolute atomic E-state index is 0.0648. The lowest BCUT2D eigenvalue weighted by Gasteiger charge is -2.33. The zero-order valence-corrected chi connectivity index (χ0v) is 19.0. The third-order valence-corrected chi connectivity index (χ3v) is 7.84. The van der Waals surface area contributed by atoms with Gasteiger partial charge in [0.25, 0.3) is 11.8 Å². The first-order valence-corrected chi connectivity index (χ1v) is 11.8. The first-order chi connectivity index (χ1) is 14.4. The topological polar surface area (TPSA) is 53.9 Å². The Hall–Kier alpha value is -2.18. The quantitative estimate of drug-likeness (QED) is 0.790. The summed E-state index contributed by atoms with van der Waals surface area (Å²) in [5.74, 6) is 0.531. The van der Waals surface area contributed by atoms with E-state index in [-0.39, 0.29) is 17.9 Å². The second-order valence-corrected chi connectivity index (χ2v) is 10.1. The molecule has 2 aliphatic rings. The van der Waals surface area contributed by atoms with Gasteiger partial charge >= 0.3 is 0 Å². The maximum atomic E-state index is 13.7. The lowest BCUT2D eigenvalue weighted by molar-refractivity contribution is -0.885. The van der Waals surface area contributed by atoms with Crippen molar-refractivity contribution < 1.29 is 14.5 Å². The van der Waals surface area contributed by atoms with Crippen molar-refractivity contribution in [1.82, 2.24) is 4.90 Å². The summed E-state index contributed by atoms with van der Waals surface area (Å²) in [7, 11) is 4.15. The maximum Gasteiger partial charge on any atom is 0.257 e. The second-order valence-electron chi connectivity index (χ2n) is 8.98. The molecule has 2 heterocycles. The summed E-state index contributed by atoms with van der Waals surface area (Å²) in [6.07, 6.45) is 5.06. The van der Waals surface area contributed by atoms with Gasteiger partial charge in [-0.1, -0.05) is 25.1 Å². The zero-order valence-electron chi connectivity index (χ0n) is 18.2. The Labute approximate surface area is 183 Å². The Morgan fingerprint density at radius 3 is 2.53 bits per heavy atom. The summed E-state index contributed by atoms with van der Waals surface area (Å²) in [5.41, 5.74) is 2.51. The molecule has 30 heavy (non-hydrogen) atoms. The Kier molecular flexibility index (Phi) is 6.25. The fourth-order valence-electron chi connectivity index (χ4n) is 4.65. The third-order valence-electron chi connectivity index (χ3n) is 6.67. The van der Waals surface area contributed by atoms with E-state index < -0.39 is 0 Å². The van der Waals surface area contributed by atoms with Gasteiger partial charge in [0, 0.05) is 36.4 Å². The predicted octanol–water partition coefficient (Wildman–Crippen LogP) is 2.87. The smallest absolute Gasteiger partial charge is 0.257 e. The molecule has 0 bridgehead atoms. The van der Waals surface area contributed by atoms with E-state index >= 15 is 0 Å². The Bertz CT molecular complexity index is 916. The number of hydrogen-bond donors (Lipinski definition) is 2. The molecule has 2 N–H and O–H groups in total. The molecule has 1 atom stereocenters. The molecule has 0 unspecified atom stereocenters. The van der Waals surface area contributed by atoms with Gasteiger partial charge in [-0.2, -0.15) is 0 Å². The number of piperidine rings is 1. The summed E-state index contributed by atoms with van der Waals surface area (Å²) in [4.78, 5) is 31.2. The number of nitrogens with zero attached hydrogens (tertiary/aromatic N) is 1. The number of nitrogens with one attached hydrogen (secondary N) is 2. The fraction of sp³-hybridized carbons (Fsp3) is 0.500. The van der Waals surface area contributed by atoms with E-state index in [0.717, 1.165) is 61.3 Å². The van der Waals surface area contributed by atoms with Gasteiger partial charge in [-0.25, -0.2) is 0 Å². The standard InChI is InChI=1S/C24H31N3O2S/c1-16-9-10-19-20(15-16)30-23(25-22(28)17-7-5-4-6-8-17)21(19)24(29)27(3)18-11-13-26(2)14-12-18/h4-8,16,18H,9-15H2,1-3H3,(H,25,28)/p+1/t16-/m1/s1. The van der Waals surface area contributed by atoms with Crippen molar-refractivity contribution in [3.63, 3.8) is 0 Å². The van der Waals surface area contributed by atoms with Crippen LogP contribution in [0.2, 0.25) is 0 Å². The van der Waals surface area contributed by atoms with Crippen LogP contribution in [0.25, 0.3) is 0 Å². The van der Waals surface area contributed by atoms with Gasteiger partial charge in [-0.3, -0.25) is 9.59 Å². The summed E-state index contributed by atoms with van der Waals surface area (Å²) in [5, 5.41) is 3.79. The van der Waals surface area contributed by atoms with Gasteiger partial charge in [0.1, 0.15) is 5.00 Å². The molecular weight excluding hydrogens is 394 g/mol. The highest BCUT2D eigenvalue weighted by molar-refractivity contribution is 7.17. The van der Waals surface area contributed by atoms with Crippen LogP contribution in [-0.2, 0) is 12.8 Å². The van der Waals surface area contributed by atoms with Crippen molar-refractivity contribution in [2.45, 2.75) is 45.1 Å². The Morgan fingerprint density at radius 2 is 1.83 bits per heavy atom. The van der Waals surface area contributed by atoms with Crippen LogP contribution in [0.15, 0.2) is 30.3 Å². The molecule has 1 fully saturated rings. The number of quaternary nitrogens is 1. The molecule has 1 aliphatic carbocycles. The van der Waals surface area contributed by atoms with Crippen LogP contribution < -0.4 is 10.2 Å². The average molecular weight is 427 g/mol. The Morgan fingerprint density at radius 1 is 1.13 bits per heavy atom. The Balaban J connectivity index is 1.63. The molecule has 0 saturated carbocycles. The minimum atomic E-state index is -0.151. The van der Waals surface area contributed by atoms with Crippen LogP contribution in [0.5, 0.6) is 0 Å². The summed E-state index contributed by atoms with van der Waals surface area (Å²) < 4.78 is 0. The lowest BCUT2D eigenvalue weighted by Crippen LogP contribution is -3.10. The predicted molar refractivity (Wildman–Crippen MR) is 122 cm³/mol. The number of carbonyl (C=O) groups excluding carboxylic acids is 2. The molecule has 160 valence electrons. The number of benzene rings is 1. The van der Waals surface area contributed by atoms with Crippen molar-refractivity contribution >= 4 is 28.2 Å². The van der Waals surface area contributed by atoms with Gasteiger partial charge < -0.3 is 15.1 Å².